The average Bonchev–Trinajstić information content (AvgIpc) is 3.35. The number of hydrogen-bond acceptors (Lipinski definition) is 6. The summed E-state index contributed by atoms with van der Waals surface area (Å²) >= 11 is 12.5. The predicted molar refractivity (Wildman–Crippen MR) is 129 cm³/mol. The van der Waals surface area contributed by atoms with Crippen LogP contribution in [-0.4, -0.2) is 63.0 Å². The zero-order chi connectivity index (χ0) is 23.8. The Bertz CT molecular complexity index is 1180. The van der Waals surface area contributed by atoms with E-state index in [4.69, 9.17) is 37.4 Å². The van der Waals surface area contributed by atoms with Crippen LogP contribution in [0, 0.1) is 0 Å². The molecule has 1 N–H and O–H groups in total. The van der Waals surface area contributed by atoms with Crippen molar-refractivity contribution < 1.29 is 24.1 Å². The van der Waals surface area contributed by atoms with E-state index in [0.29, 0.717) is 22.4 Å². The standard InChI is InChI=1S/C23H23Cl2N3O5S/c1-31-18-12-34(14-7-8-15(24)16(25)9-14)19-11-32-23(13-5-3-2-4-6-13)33-21(19)20(18)28-10-17(22(29)30)26-27-28/h2-10,18-21,23,34H,11-12H2,1H3,(H,29,30)/t18-,19+,20-,21-,23?/m0/s1. The van der Waals surface area contributed by atoms with Crippen molar-refractivity contribution in [3.8, 4) is 0 Å². The number of aromatic nitrogens is 3. The second-order valence-electron chi connectivity index (χ2n) is 8.15. The molecular weight excluding hydrogens is 501 g/mol. The molecule has 0 radical (unpaired) electrons. The smallest absolute Gasteiger partial charge is 0.358 e. The van der Waals surface area contributed by atoms with Gasteiger partial charge in [0, 0.05) is 23.7 Å². The lowest BCUT2D eigenvalue weighted by Gasteiger charge is -2.51. The zero-order valence-electron chi connectivity index (χ0n) is 18.1. The quantitative estimate of drug-likeness (QED) is 0.478. The van der Waals surface area contributed by atoms with Crippen LogP contribution < -0.4 is 0 Å². The number of halogens is 2. The Morgan fingerprint density at radius 1 is 1.21 bits per heavy atom. The Labute approximate surface area is 209 Å². The van der Waals surface area contributed by atoms with Crippen LogP contribution in [0.1, 0.15) is 28.4 Å². The van der Waals surface area contributed by atoms with E-state index in [0.717, 1.165) is 10.5 Å². The minimum atomic E-state index is -1.14. The van der Waals surface area contributed by atoms with E-state index < -0.39 is 23.2 Å². The first-order valence-corrected chi connectivity index (χ1v) is 13.0. The average molecular weight is 524 g/mol. The normalized spacial score (nSPS) is 30.0. The van der Waals surface area contributed by atoms with Crippen molar-refractivity contribution in [1.82, 2.24) is 15.0 Å². The van der Waals surface area contributed by atoms with Crippen molar-refractivity contribution in [3.63, 3.8) is 0 Å². The third-order valence-corrected chi connectivity index (χ3v) is 9.89. The molecule has 2 aliphatic rings. The highest BCUT2D eigenvalue weighted by Crippen LogP contribution is 2.54. The topological polar surface area (TPSA) is 95.7 Å². The Balaban J connectivity index is 1.55. The summed E-state index contributed by atoms with van der Waals surface area (Å²) in [5, 5.41) is 18.3. The molecule has 0 aliphatic carbocycles. The molecule has 2 aliphatic heterocycles. The van der Waals surface area contributed by atoms with E-state index >= 15 is 0 Å². The fraction of sp³-hybridized carbons (Fsp3) is 0.348. The van der Waals surface area contributed by atoms with Crippen molar-refractivity contribution in [2.24, 2.45) is 0 Å². The molecule has 180 valence electrons. The third-order valence-electron chi connectivity index (χ3n) is 6.22. The number of nitrogens with zero attached hydrogens (tertiary/aromatic N) is 3. The molecule has 5 rings (SSSR count). The summed E-state index contributed by atoms with van der Waals surface area (Å²) < 4.78 is 20.2. The molecule has 1 aromatic heterocycles. The number of ether oxygens (including phenoxy) is 3. The molecule has 0 bridgehead atoms. The summed E-state index contributed by atoms with van der Waals surface area (Å²) in [6, 6.07) is 15.0. The van der Waals surface area contributed by atoms with Crippen LogP contribution >= 0.6 is 34.1 Å². The highest BCUT2D eigenvalue weighted by atomic mass is 35.5. The first-order chi connectivity index (χ1) is 16.5. The highest BCUT2D eigenvalue weighted by Gasteiger charge is 2.50. The van der Waals surface area contributed by atoms with Gasteiger partial charge in [-0.15, -0.1) is 5.10 Å². The number of thiol groups is 1. The summed E-state index contributed by atoms with van der Waals surface area (Å²) in [5.74, 6) is -0.443. The van der Waals surface area contributed by atoms with Crippen LogP contribution in [0.3, 0.4) is 0 Å². The lowest BCUT2D eigenvalue weighted by molar-refractivity contribution is -0.233. The van der Waals surface area contributed by atoms with Crippen LogP contribution in [-0.2, 0) is 14.2 Å². The van der Waals surface area contributed by atoms with E-state index in [2.05, 4.69) is 10.3 Å². The zero-order valence-corrected chi connectivity index (χ0v) is 20.5. The molecule has 0 saturated carbocycles. The van der Waals surface area contributed by atoms with Crippen LogP contribution in [0.15, 0.2) is 59.6 Å². The molecular formula is C23H23Cl2N3O5S. The lowest BCUT2D eigenvalue weighted by atomic mass is 10.0. The fourth-order valence-corrected chi connectivity index (χ4v) is 8.00. The maximum Gasteiger partial charge on any atom is 0.358 e. The molecule has 2 unspecified atom stereocenters. The van der Waals surface area contributed by atoms with Gasteiger partial charge in [-0.05, 0) is 23.1 Å². The number of hydrogen-bond donors (Lipinski definition) is 2. The largest absolute Gasteiger partial charge is 0.476 e. The van der Waals surface area contributed by atoms with Crippen LogP contribution in [0.2, 0.25) is 10.0 Å². The number of aromatic carboxylic acids is 1. The summed E-state index contributed by atoms with van der Waals surface area (Å²) in [7, 11) is 0.838. The van der Waals surface area contributed by atoms with Gasteiger partial charge in [-0.2, -0.15) is 0 Å². The number of carboxylic acid groups (broad SMARTS) is 1. The minimum absolute atomic E-state index is 0.00100. The summed E-state index contributed by atoms with van der Waals surface area (Å²) in [5.41, 5.74) is 0.776. The van der Waals surface area contributed by atoms with Gasteiger partial charge in [0.05, 0.1) is 35.1 Å². The summed E-state index contributed by atoms with van der Waals surface area (Å²) in [6.45, 7) is 0.462. The van der Waals surface area contributed by atoms with Crippen LogP contribution in [0.5, 0.6) is 0 Å². The molecule has 2 saturated heterocycles. The van der Waals surface area contributed by atoms with Crippen LogP contribution in [0.4, 0.5) is 0 Å². The molecule has 2 aromatic carbocycles. The predicted octanol–water partition coefficient (Wildman–Crippen LogP) is 4.40. The monoisotopic (exact) mass is 523 g/mol. The highest BCUT2D eigenvalue weighted by molar-refractivity contribution is 8.17. The number of methoxy groups -OCH3 is 1. The van der Waals surface area contributed by atoms with Crippen molar-refractivity contribution in [1.29, 1.82) is 0 Å². The van der Waals surface area contributed by atoms with Crippen molar-refractivity contribution in [3.05, 3.63) is 76.0 Å². The first-order valence-electron chi connectivity index (χ1n) is 10.7. The van der Waals surface area contributed by atoms with E-state index in [9.17, 15) is 9.90 Å². The van der Waals surface area contributed by atoms with Gasteiger partial charge in [0.15, 0.2) is 12.0 Å². The maximum absolute atomic E-state index is 11.4. The Hall–Kier alpha value is -2.14. The number of carboxylic acids is 1. The molecule has 2 fully saturated rings. The lowest BCUT2D eigenvalue weighted by Crippen LogP contribution is -2.54. The number of fused-ring (bicyclic) bond motifs is 1. The number of carbonyl (C=O) groups is 1. The molecule has 3 heterocycles. The van der Waals surface area contributed by atoms with Crippen LogP contribution in [0.25, 0.3) is 0 Å². The molecule has 34 heavy (non-hydrogen) atoms. The summed E-state index contributed by atoms with van der Waals surface area (Å²) in [4.78, 5) is 12.5. The minimum Gasteiger partial charge on any atom is -0.476 e. The van der Waals surface area contributed by atoms with E-state index in [1.165, 1.54) is 6.20 Å². The maximum atomic E-state index is 11.4. The van der Waals surface area contributed by atoms with Gasteiger partial charge in [-0.3, -0.25) is 0 Å². The number of rotatable bonds is 5. The van der Waals surface area contributed by atoms with E-state index in [1.54, 1.807) is 17.9 Å². The molecule has 3 aromatic rings. The Morgan fingerprint density at radius 3 is 2.68 bits per heavy atom. The third kappa shape index (κ3) is 4.44. The Morgan fingerprint density at radius 2 is 2.00 bits per heavy atom. The molecule has 0 spiro atoms. The SMILES string of the molecule is CO[C@H]1C[SH](c2ccc(Cl)c(Cl)c2)[C@@H]2COC(c3ccccc3)O[C@@H]2[C@H]1n1cc(C(=O)O)nn1. The number of benzene rings is 2. The molecule has 6 atom stereocenters. The van der Waals surface area contributed by atoms with Gasteiger partial charge in [-0.1, -0.05) is 58.7 Å². The van der Waals surface area contributed by atoms with E-state index in [-0.39, 0.29) is 29.2 Å². The van der Waals surface area contributed by atoms with Gasteiger partial charge in [0.25, 0.3) is 0 Å². The summed E-state index contributed by atoms with van der Waals surface area (Å²) in [6.07, 6.45) is 0.217. The van der Waals surface area contributed by atoms with Crippen molar-refractivity contribution in [2.45, 2.75) is 34.7 Å². The van der Waals surface area contributed by atoms with Crippen molar-refractivity contribution >= 4 is 40.1 Å². The van der Waals surface area contributed by atoms with Crippen molar-refractivity contribution in [2.75, 3.05) is 19.5 Å². The second-order valence-corrected chi connectivity index (χ2v) is 11.4. The first kappa shape index (κ1) is 23.6. The molecule has 8 nitrogen and oxygen atoms in total. The van der Waals surface area contributed by atoms with Gasteiger partial charge < -0.3 is 19.3 Å². The molecule has 0 amide bonds. The van der Waals surface area contributed by atoms with Gasteiger partial charge in [0.1, 0.15) is 6.04 Å². The van der Waals surface area contributed by atoms with Gasteiger partial charge in [0.2, 0.25) is 0 Å². The van der Waals surface area contributed by atoms with Gasteiger partial charge in [-0.25, -0.2) is 20.4 Å². The van der Waals surface area contributed by atoms with Gasteiger partial charge >= 0.3 is 5.97 Å². The van der Waals surface area contributed by atoms with E-state index in [1.807, 2.05) is 42.5 Å². The molecule has 11 heteroatoms. The second kappa shape index (κ2) is 9.85. The fourth-order valence-electron chi connectivity index (χ4n) is 4.58. The Kier molecular flexibility index (Phi) is 6.83.